The van der Waals surface area contributed by atoms with Crippen LogP contribution in [0.4, 0.5) is 4.79 Å². The van der Waals surface area contributed by atoms with Gasteiger partial charge in [-0.3, -0.25) is 4.79 Å². The van der Waals surface area contributed by atoms with E-state index >= 15 is 0 Å². The number of nitrogens with one attached hydrogen (secondary N) is 1. The van der Waals surface area contributed by atoms with Crippen molar-refractivity contribution in [1.29, 1.82) is 0 Å². The Bertz CT molecular complexity index is 433. The highest BCUT2D eigenvalue weighted by Gasteiger charge is 2.04. The van der Waals surface area contributed by atoms with Gasteiger partial charge in [-0.1, -0.05) is 35.0 Å². The number of esters is 1. The maximum Gasteiger partial charge on any atom is 0.407 e. The van der Waals surface area contributed by atoms with E-state index in [1.165, 1.54) is 0 Å². The highest BCUT2D eigenvalue weighted by Crippen LogP contribution is 2.11. The zero-order chi connectivity index (χ0) is 14.8. The second-order valence-corrected chi connectivity index (χ2v) is 5.02. The summed E-state index contributed by atoms with van der Waals surface area (Å²) in [5.41, 5.74) is 0.901. The lowest BCUT2D eigenvalue weighted by Gasteiger charge is -2.07. The maximum absolute atomic E-state index is 11.4. The molecule has 0 heterocycles. The number of hydrogen-bond acceptors (Lipinski definition) is 4. The van der Waals surface area contributed by atoms with Crippen molar-refractivity contribution >= 4 is 28.0 Å². The molecule has 0 unspecified atom stereocenters. The van der Waals surface area contributed by atoms with Gasteiger partial charge in [0.2, 0.25) is 0 Å². The van der Waals surface area contributed by atoms with Crippen LogP contribution in [0.5, 0.6) is 0 Å². The first kappa shape index (κ1) is 16.5. The van der Waals surface area contributed by atoms with Gasteiger partial charge in [0.05, 0.1) is 6.54 Å². The van der Waals surface area contributed by atoms with E-state index < -0.39 is 6.09 Å². The largest absolute Gasteiger partial charge is 0.464 e. The van der Waals surface area contributed by atoms with Crippen molar-refractivity contribution in [2.24, 2.45) is 0 Å². The third-order valence-electron chi connectivity index (χ3n) is 2.37. The van der Waals surface area contributed by atoms with Crippen molar-refractivity contribution in [2.75, 3.05) is 13.2 Å². The molecule has 1 aromatic carbocycles. The molecule has 0 radical (unpaired) electrons. The summed E-state index contributed by atoms with van der Waals surface area (Å²) in [6.07, 6.45) is 0.620. The van der Waals surface area contributed by atoms with Crippen molar-refractivity contribution in [1.82, 2.24) is 5.32 Å². The number of hydrogen-bond donors (Lipinski definition) is 1. The van der Waals surface area contributed by atoms with Gasteiger partial charge in [0.1, 0.15) is 13.2 Å². The molecule has 0 bridgehead atoms. The van der Waals surface area contributed by atoms with Crippen LogP contribution in [0, 0.1) is 0 Å². The lowest BCUT2D eigenvalue weighted by atomic mass is 10.2. The summed E-state index contributed by atoms with van der Waals surface area (Å²) in [5.74, 6) is -0.252. The third kappa shape index (κ3) is 7.13. The van der Waals surface area contributed by atoms with Gasteiger partial charge >= 0.3 is 12.1 Å². The highest BCUT2D eigenvalue weighted by molar-refractivity contribution is 9.10. The molecule has 6 heteroatoms. The van der Waals surface area contributed by atoms with Crippen molar-refractivity contribution in [3.8, 4) is 0 Å². The number of carbonyl (C=O) groups excluding carboxylic acids is 2. The Hall–Kier alpha value is -1.56. The summed E-state index contributed by atoms with van der Waals surface area (Å²) < 4.78 is 10.9. The third-order valence-corrected chi connectivity index (χ3v) is 2.90. The first-order chi connectivity index (χ1) is 9.61. The lowest BCUT2D eigenvalue weighted by Crippen LogP contribution is -2.28. The molecule has 0 atom stereocenters. The van der Waals surface area contributed by atoms with E-state index in [-0.39, 0.29) is 25.7 Å². The maximum atomic E-state index is 11.4. The first-order valence-corrected chi connectivity index (χ1v) is 7.21. The predicted molar refractivity (Wildman–Crippen MR) is 78.2 cm³/mol. The van der Waals surface area contributed by atoms with Gasteiger partial charge in [-0.15, -0.1) is 0 Å². The summed E-state index contributed by atoms with van der Waals surface area (Å²) in [7, 11) is 0. The molecule has 0 aromatic heterocycles. The van der Waals surface area contributed by atoms with Crippen LogP contribution in [0.2, 0.25) is 0 Å². The fourth-order valence-electron chi connectivity index (χ4n) is 1.37. The fraction of sp³-hybridized carbons (Fsp3) is 0.429. The molecule has 1 rings (SSSR count). The molecule has 1 aromatic rings. The molecular formula is C14H18BrNO4. The number of amides is 1. The molecule has 0 aliphatic heterocycles. The molecule has 5 nitrogen and oxygen atoms in total. The number of rotatable bonds is 7. The average Bonchev–Trinajstić information content (AvgIpc) is 2.43. The molecule has 20 heavy (non-hydrogen) atoms. The van der Waals surface area contributed by atoms with Crippen LogP contribution in [-0.2, 0) is 20.9 Å². The summed E-state index contributed by atoms with van der Waals surface area (Å²) >= 11 is 3.33. The van der Waals surface area contributed by atoms with Crippen molar-refractivity contribution in [2.45, 2.75) is 26.4 Å². The SMILES string of the molecule is CCCC(=O)OCCNC(=O)OCc1ccc(Br)cc1. The summed E-state index contributed by atoms with van der Waals surface area (Å²) in [6, 6.07) is 7.49. The molecule has 110 valence electrons. The number of halogens is 1. The lowest BCUT2D eigenvalue weighted by molar-refractivity contribution is -0.143. The number of ether oxygens (including phenoxy) is 2. The Morgan fingerprint density at radius 1 is 1.20 bits per heavy atom. The zero-order valence-corrected chi connectivity index (χ0v) is 12.9. The number of carbonyl (C=O) groups is 2. The van der Waals surface area contributed by atoms with E-state index in [0.717, 1.165) is 16.5 Å². The van der Waals surface area contributed by atoms with Gasteiger partial charge in [0, 0.05) is 10.9 Å². The standard InChI is InChI=1S/C14H18BrNO4/c1-2-3-13(17)19-9-8-16-14(18)20-10-11-4-6-12(15)7-5-11/h4-7H,2-3,8-10H2,1H3,(H,16,18). The molecule has 1 amide bonds. The Balaban J connectivity index is 2.11. The minimum atomic E-state index is -0.528. The topological polar surface area (TPSA) is 64.6 Å². The zero-order valence-electron chi connectivity index (χ0n) is 11.4. The molecule has 0 aliphatic carbocycles. The van der Waals surface area contributed by atoms with E-state index in [1.54, 1.807) is 0 Å². The Kier molecular flexibility index (Phi) is 7.72. The van der Waals surface area contributed by atoms with Crippen LogP contribution < -0.4 is 5.32 Å². The van der Waals surface area contributed by atoms with Crippen LogP contribution in [0.15, 0.2) is 28.7 Å². The highest BCUT2D eigenvalue weighted by atomic mass is 79.9. The Morgan fingerprint density at radius 3 is 2.55 bits per heavy atom. The van der Waals surface area contributed by atoms with Crippen LogP contribution in [0.3, 0.4) is 0 Å². The van der Waals surface area contributed by atoms with E-state index in [4.69, 9.17) is 9.47 Å². The summed E-state index contributed by atoms with van der Waals surface area (Å²) in [5, 5.41) is 2.51. The Labute approximate surface area is 126 Å². The van der Waals surface area contributed by atoms with Gasteiger partial charge < -0.3 is 14.8 Å². The predicted octanol–water partition coefficient (Wildman–Crippen LogP) is 3.02. The second kappa shape index (κ2) is 9.36. The van der Waals surface area contributed by atoms with Gasteiger partial charge in [-0.05, 0) is 24.1 Å². The van der Waals surface area contributed by atoms with E-state index in [2.05, 4.69) is 21.2 Å². The number of benzene rings is 1. The first-order valence-electron chi connectivity index (χ1n) is 6.42. The molecule has 0 saturated carbocycles. The smallest absolute Gasteiger partial charge is 0.407 e. The second-order valence-electron chi connectivity index (χ2n) is 4.10. The molecule has 1 N–H and O–H groups in total. The fourth-order valence-corrected chi connectivity index (χ4v) is 1.64. The van der Waals surface area contributed by atoms with Gasteiger partial charge in [0.15, 0.2) is 0 Å². The van der Waals surface area contributed by atoms with Gasteiger partial charge in [0.25, 0.3) is 0 Å². The molecule has 0 fully saturated rings. The van der Waals surface area contributed by atoms with Crippen molar-refractivity contribution in [3.63, 3.8) is 0 Å². The van der Waals surface area contributed by atoms with Gasteiger partial charge in [-0.25, -0.2) is 4.79 Å². The normalized spacial score (nSPS) is 9.90. The monoisotopic (exact) mass is 343 g/mol. The summed E-state index contributed by atoms with van der Waals surface area (Å²) in [4.78, 5) is 22.4. The van der Waals surface area contributed by atoms with Crippen molar-refractivity contribution in [3.05, 3.63) is 34.3 Å². The Morgan fingerprint density at radius 2 is 1.90 bits per heavy atom. The quantitative estimate of drug-likeness (QED) is 0.610. The number of alkyl carbamates (subject to hydrolysis) is 1. The average molecular weight is 344 g/mol. The van der Waals surface area contributed by atoms with Crippen LogP contribution in [0.25, 0.3) is 0 Å². The van der Waals surface area contributed by atoms with Crippen LogP contribution in [0.1, 0.15) is 25.3 Å². The summed E-state index contributed by atoms with van der Waals surface area (Å²) in [6.45, 7) is 2.51. The molecule has 0 spiro atoms. The minimum absolute atomic E-state index is 0.159. The van der Waals surface area contributed by atoms with E-state index in [9.17, 15) is 9.59 Å². The van der Waals surface area contributed by atoms with E-state index in [1.807, 2.05) is 31.2 Å². The molecular weight excluding hydrogens is 326 g/mol. The molecule has 0 aliphatic rings. The van der Waals surface area contributed by atoms with Crippen molar-refractivity contribution < 1.29 is 19.1 Å². The molecule has 0 saturated heterocycles. The van der Waals surface area contributed by atoms with Crippen LogP contribution >= 0.6 is 15.9 Å². The van der Waals surface area contributed by atoms with Crippen LogP contribution in [-0.4, -0.2) is 25.2 Å². The minimum Gasteiger partial charge on any atom is -0.464 e. The van der Waals surface area contributed by atoms with E-state index in [0.29, 0.717) is 6.42 Å². The van der Waals surface area contributed by atoms with Gasteiger partial charge in [-0.2, -0.15) is 0 Å².